The van der Waals surface area contributed by atoms with Gasteiger partial charge in [0.2, 0.25) is 0 Å². The molecule has 3 aromatic rings. The maximum absolute atomic E-state index is 12.5. The molecule has 7 heteroatoms. The molecule has 3 rings (SSSR count). The molecule has 0 radical (unpaired) electrons. The highest BCUT2D eigenvalue weighted by Gasteiger charge is 2.16. The molecule has 0 spiro atoms. The number of nitrogens with two attached hydrogens (primary N) is 1. The number of primary amides is 1. The first-order valence-corrected chi connectivity index (χ1v) is 8.15. The van der Waals surface area contributed by atoms with Gasteiger partial charge in [-0.15, -0.1) is 0 Å². The highest BCUT2D eigenvalue weighted by atomic mass is 16.5. The van der Waals surface area contributed by atoms with Gasteiger partial charge in [0.1, 0.15) is 0 Å². The number of fused-ring (bicyclic) bond motifs is 1. The van der Waals surface area contributed by atoms with Gasteiger partial charge in [-0.1, -0.05) is 48.5 Å². The van der Waals surface area contributed by atoms with Gasteiger partial charge in [0.25, 0.3) is 11.5 Å². The van der Waals surface area contributed by atoms with Crippen molar-refractivity contribution in [3.8, 4) is 0 Å². The van der Waals surface area contributed by atoms with Crippen LogP contribution in [0.15, 0.2) is 59.4 Å². The van der Waals surface area contributed by atoms with Gasteiger partial charge in [0.15, 0.2) is 5.69 Å². The molecule has 3 N–H and O–H groups in total. The molecule has 1 atom stereocenters. The quantitative estimate of drug-likeness (QED) is 0.661. The Balaban J connectivity index is 1.74. The number of hydrogen-bond donors (Lipinski definition) is 2. The van der Waals surface area contributed by atoms with Gasteiger partial charge in [0.05, 0.1) is 31.2 Å². The lowest BCUT2D eigenvalue weighted by atomic mass is 10.1. The van der Waals surface area contributed by atoms with E-state index >= 15 is 0 Å². The van der Waals surface area contributed by atoms with E-state index in [9.17, 15) is 14.7 Å². The van der Waals surface area contributed by atoms with Gasteiger partial charge in [0, 0.05) is 5.39 Å². The van der Waals surface area contributed by atoms with Crippen molar-refractivity contribution in [2.45, 2.75) is 19.3 Å². The Morgan fingerprint density at radius 1 is 1.12 bits per heavy atom. The third-order valence-corrected chi connectivity index (χ3v) is 3.91. The second-order valence-corrected chi connectivity index (χ2v) is 5.90. The van der Waals surface area contributed by atoms with Crippen LogP contribution in [-0.2, 0) is 17.9 Å². The number of nitrogens with zero attached hydrogens (tertiary/aromatic N) is 2. The standard InChI is InChI=1S/C19H19N3O4/c20-18(24)17-15-8-4-5-9-16(15)19(25)22(21-17)10-14(23)12-26-11-13-6-2-1-3-7-13/h1-9,14,23H,10-12H2,(H2,20,24)/t14-/m0/s1. The van der Waals surface area contributed by atoms with Crippen molar-refractivity contribution < 1.29 is 14.6 Å². The number of ether oxygens (including phenoxy) is 1. The van der Waals surface area contributed by atoms with Crippen molar-refractivity contribution in [3.05, 3.63) is 76.2 Å². The summed E-state index contributed by atoms with van der Waals surface area (Å²) in [6.07, 6.45) is -0.953. The summed E-state index contributed by atoms with van der Waals surface area (Å²) in [5, 5.41) is 14.9. The number of aliphatic hydroxyl groups is 1. The Morgan fingerprint density at radius 2 is 1.77 bits per heavy atom. The predicted molar refractivity (Wildman–Crippen MR) is 96.6 cm³/mol. The molecular formula is C19H19N3O4. The van der Waals surface area contributed by atoms with E-state index in [2.05, 4.69) is 5.10 Å². The fourth-order valence-electron chi connectivity index (χ4n) is 2.68. The minimum Gasteiger partial charge on any atom is -0.389 e. The maximum atomic E-state index is 12.5. The molecular weight excluding hydrogens is 334 g/mol. The highest BCUT2D eigenvalue weighted by Crippen LogP contribution is 2.12. The van der Waals surface area contributed by atoms with Gasteiger partial charge in [-0.05, 0) is 11.6 Å². The number of aromatic nitrogens is 2. The molecule has 26 heavy (non-hydrogen) atoms. The Labute approximate surface area is 149 Å². The van der Waals surface area contributed by atoms with Crippen LogP contribution in [0.5, 0.6) is 0 Å². The lowest BCUT2D eigenvalue weighted by Gasteiger charge is -2.14. The van der Waals surface area contributed by atoms with Crippen molar-refractivity contribution in [1.82, 2.24) is 9.78 Å². The molecule has 0 saturated heterocycles. The average Bonchev–Trinajstić information content (AvgIpc) is 2.65. The minimum absolute atomic E-state index is 0.00222. The molecule has 134 valence electrons. The lowest BCUT2D eigenvalue weighted by molar-refractivity contribution is 0.0180. The van der Waals surface area contributed by atoms with E-state index in [1.54, 1.807) is 24.3 Å². The summed E-state index contributed by atoms with van der Waals surface area (Å²) >= 11 is 0. The molecule has 0 aliphatic heterocycles. The second kappa shape index (κ2) is 7.90. The number of benzene rings is 2. The first-order valence-electron chi connectivity index (χ1n) is 8.15. The summed E-state index contributed by atoms with van der Waals surface area (Å²) < 4.78 is 6.53. The molecule has 0 fully saturated rings. The third-order valence-electron chi connectivity index (χ3n) is 3.91. The molecule has 0 bridgehead atoms. The fourth-order valence-corrected chi connectivity index (χ4v) is 2.68. The van der Waals surface area contributed by atoms with Crippen LogP contribution in [0.2, 0.25) is 0 Å². The molecule has 1 amide bonds. The summed E-state index contributed by atoms with van der Waals surface area (Å²) in [7, 11) is 0. The summed E-state index contributed by atoms with van der Waals surface area (Å²) in [5.74, 6) is -0.732. The van der Waals surface area contributed by atoms with Crippen LogP contribution >= 0.6 is 0 Å². The van der Waals surface area contributed by atoms with Crippen LogP contribution in [0.25, 0.3) is 10.8 Å². The van der Waals surface area contributed by atoms with Crippen LogP contribution in [0.1, 0.15) is 16.1 Å². The number of amides is 1. The molecule has 1 heterocycles. The van der Waals surface area contributed by atoms with Crippen molar-refractivity contribution >= 4 is 16.7 Å². The normalized spacial score (nSPS) is 12.2. The first-order chi connectivity index (χ1) is 12.6. The topological polar surface area (TPSA) is 107 Å². The van der Waals surface area contributed by atoms with E-state index in [0.717, 1.165) is 10.2 Å². The van der Waals surface area contributed by atoms with E-state index < -0.39 is 17.6 Å². The molecule has 0 aliphatic carbocycles. The van der Waals surface area contributed by atoms with E-state index in [-0.39, 0.29) is 18.8 Å². The smallest absolute Gasteiger partial charge is 0.274 e. The third kappa shape index (κ3) is 3.96. The number of rotatable bonds is 7. The van der Waals surface area contributed by atoms with Crippen LogP contribution in [0.3, 0.4) is 0 Å². The average molecular weight is 353 g/mol. The zero-order valence-electron chi connectivity index (χ0n) is 14.0. The van der Waals surface area contributed by atoms with Crippen molar-refractivity contribution in [2.24, 2.45) is 5.73 Å². The zero-order valence-corrected chi connectivity index (χ0v) is 14.0. The summed E-state index contributed by atoms with van der Waals surface area (Å²) in [6, 6.07) is 16.2. The fraction of sp³-hybridized carbons (Fsp3) is 0.211. The van der Waals surface area contributed by atoms with E-state index in [4.69, 9.17) is 10.5 Å². The van der Waals surface area contributed by atoms with E-state index in [1.165, 1.54) is 0 Å². The molecule has 1 aromatic heterocycles. The Hall–Kier alpha value is -3.03. The predicted octanol–water partition coefficient (Wildman–Crippen LogP) is 1.07. The highest BCUT2D eigenvalue weighted by molar-refractivity contribution is 6.03. The molecule has 2 aromatic carbocycles. The lowest BCUT2D eigenvalue weighted by Crippen LogP contribution is -2.33. The Kier molecular flexibility index (Phi) is 5.40. The van der Waals surface area contributed by atoms with Crippen LogP contribution < -0.4 is 11.3 Å². The SMILES string of the molecule is NC(=O)c1nn(C[C@H](O)COCc2ccccc2)c(=O)c2ccccc12. The van der Waals surface area contributed by atoms with Gasteiger partial charge in [-0.2, -0.15) is 5.10 Å². The summed E-state index contributed by atoms with van der Waals surface area (Å²) in [4.78, 5) is 24.2. The number of aliphatic hydroxyl groups excluding tert-OH is 1. The largest absolute Gasteiger partial charge is 0.389 e. The summed E-state index contributed by atoms with van der Waals surface area (Å²) in [5.41, 5.74) is 5.96. The monoisotopic (exact) mass is 353 g/mol. The Bertz CT molecular complexity index is 969. The van der Waals surface area contributed by atoms with Crippen molar-refractivity contribution in [1.29, 1.82) is 0 Å². The molecule has 0 unspecified atom stereocenters. The molecule has 0 saturated carbocycles. The number of carbonyl (C=O) groups is 1. The van der Waals surface area contributed by atoms with Crippen LogP contribution in [-0.4, -0.2) is 33.5 Å². The number of hydrogen-bond acceptors (Lipinski definition) is 5. The Morgan fingerprint density at radius 3 is 2.46 bits per heavy atom. The van der Waals surface area contributed by atoms with Crippen molar-refractivity contribution in [3.63, 3.8) is 0 Å². The minimum atomic E-state index is -0.953. The van der Waals surface area contributed by atoms with Gasteiger partial charge >= 0.3 is 0 Å². The van der Waals surface area contributed by atoms with Gasteiger partial charge in [-0.25, -0.2) is 4.68 Å². The zero-order chi connectivity index (χ0) is 18.5. The van der Waals surface area contributed by atoms with Gasteiger partial charge in [-0.3, -0.25) is 9.59 Å². The number of carbonyl (C=O) groups excluding carboxylic acids is 1. The van der Waals surface area contributed by atoms with E-state index in [1.807, 2.05) is 30.3 Å². The maximum Gasteiger partial charge on any atom is 0.274 e. The molecule has 7 nitrogen and oxygen atoms in total. The molecule has 0 aliphatic rings. The van der Waals surface area contributed by atoms with Crippen LogP contribution in [0.4, 0.5) is 0 Å². The second-order valence-electron chi connectivity index (χ2n) is 5.90. The first kappa shape index (κ1) is 17.8. The van der Waals surface area contributed by atoms with Crippen LogP contribution in [0, 0.1) is 0 Å². The van der Waals surface area contributed by atoms with Crippen molar-refractivity contribution in [2.75, 3.05) is 6.61 Å². The van der Waals surface area contributed by atoms with Gasteiger partial charge < -0.3 is 15.6 Å². The summed E-state index contributed by atoms with van der Waals surface area (Å²) in [6.45, 7) is 0.283. The van der Waals surface area contributed by atoms with E-state index in [0.29, 0.717) is 17.4 Å².